The topological polar surface area (TPSA) is 26.0 Å². The van der Waals surface area contributed by atoms with Gasteiger partial charge in [-0.25, -0.2) is 0 Å². The van der Waals surface area contributed by atoms with Gasteiger partial charge in [0.05, 0.1) is 0 Å². The third kappa shape index (κ3) is 3.99. The van der Waals surface area contributed by atoms with Crippen molar-refractivity contribution in [1.82, 2.24) is 0 Å². The lowest BCUT2D eigenvalue weighted by atomic mass is 9.75. The quantitative estimate of drug-likeness (QED) is 0.799. The SMILES string of the molecule is CC(C)C(C)SC1CC(C)(C)CCC1N. The Hall–Kier alpha value is 0.310. The average molecular weight is 229 g/mol. The number of rotatable bonds is 3. The van der Waals surface area contributed by atoms with E-state index in [1.165, 1.54) is 19.3 Å². The Morgan fingerprint density at radius 3 is 2.40 bits per heavy atom. The van der Waals surface area contributed by atoms with Crippen LogP contribution in [0, 0.1) is 11.3 Å². The molecular weight excluding hydrogens is 202 g/mol. The van der Waals surface area contributed by atoms with Crippen LogP contribution in [0.25, 0.3) is 0 Å². The maximum absolute atomic E-state index is 6.23. The van der Waals surface area contributed by atoms with Crippen molar-refractivity contribution >= 4 is 11.8 Å². The van der Waals surface area contributed by atoms with Gasteiger partial charge in [-0.15, -0.1) is 0 Å². The summed E-state index contributed by atoms with van der Waals surface area (Å²) < 4.78 is 0. The van der Waals surface area contributed by atoms with E-state index in [1.54, 1.807) is 0 Å². The summed E-state index contributed by atoms with van der Waals surface area (Å²) in [6, 6.07) is 0.421. The van der Waals surface area contributed by atoms with Crippen molar-refractivity contribution in [1.29, 1.82) is 0 Å². The number of hydrogen-bond donors (Lipinski definition) is 1. The first-order valence-corrected chi connectivity index (χ1v) is 7.17. The molecule has 1 rings (SSSR count). The second-order valence-electron chi connectivity index (χ2n) is 6.19. The highest BCUT2D eigenvalue weighted by atomic mass is 32.2. The van der Waals surface area contributed by atoms with Crippen LogP contribution in [-0.2, 0) is 0 Å². The molecule has 1 aliphatic rings. The zero-order valence-electron chi connectivity index (χ0n) is 10.9. The molecule has 1 fully saturated rings. The standard InChI is InChI=1S/C13H27NS/c1-9(2)10(3)15-12-8-13(4,5)7-6-11(12)14/h9-12H,6-8,14H2,1-5H3. The highest BCUT2D eigenvalue weighted by Crippen LogP contribution is 2.41. The largest absolute Gasteiger partial charge is 0.327 e. The molecule has 3 atom stereocenters. The van der Waals surface area contributed by atoms with Crippen molar-refractivity contribution in [2.45, 2.75) is 70.4 Å². The summed E-state index contributed by atoms with van der Waals surface area (Å²) in [5, 5.41) is 1.40. The molecule has 3 unspecified atom stereocenters. The maximum atomic E-state index is 6.23. The smallest absolute Gasteiger partial charge is 0.0206 e. The lowest BCUT2D eigenvalue weighted by Crippen LogP contribution is -2.42. The van der Waals surface area contributed by atoms with Gasteiger partial charge < -0.3 is 5.73 Å². The fourth-order valence-electron chi connectivity index (χ4n) is 2.12. The first-order valence-electron chi connectivity index (χ1n) is 6.23. The van der Waals surface area contributed by atoms with Crippen LogP contribution in [-0.4, -0.2) is 16.5 Å². The molecule has 90 valence electrons. The van der Waals surface area contributed by atoms with E-state index in [9.17, 15) is 0 Å². The molecule has 0 aliphatic heterocycles. The van der Waals surface area contributed by atoms with Crippen molar-refractivity contribution in [3.63, 3.8) is 0 Å². The van der Waals surface area contributed by atoms with Gasteiger partial charge in [-0.1, -0.05) is 34.6 Å². The van der Waals surface area contributed by atoms with Gasteiger partial charge in [-0.05, 0) is 30.6 Å². The van der Waals surface area contributed by atoms with E-state index >= 15 is 0 Å². The fourth-order valence-corrected chi connectivity index (χ4v) is 3.87. The van der Waals surface area contributed by atoms with Gasteiger partial charge in [0.15, 0.2) is 0 Å². The van der Waals surface area contributed by atoms with Crippen LogP contribution in [0.1, 0.15) is 53.9 Å². The summed E-state index contributed by atoms with van der Waals surface area (Å²) in [5.41, 5.74) is 6.73. The Labute approximate surface area is 99.6 Å². The van der Waals surface area contributed by atoms with Crippen molar-refractivity contribution in [3.8, 4) is 0 Å². The molecule has 0 amide bonds. The van der Waals surface area contributed by atoms with Crippen molar-refractivity contribution < 1.29 is 0 Å². The first kappa shape index (κ1) is 13.4. The molecule has 15 heavy (non-hydrogen) atoms. The summed E-state index contributed by atoms with van der Waals surface area (Å²) in [4.78, 5) is 0. The molecular formula is C13H27NS. The summed E-state index contributed by atoms with van der Waals surface area (Å²) in [7, 11) is 0. The molecule has 2 heteroatoms. The Bertz CT molecular complexity index is 201. The lowest BCUT2D eigenvalue weighted by Gasteiger charge is -2.40. The second kappa shape index (κ2) is 5.09. The third-order valence-corrected chi connectivity index (χ3v) is 5.55. The summed E-state index contributed by atoms with van der Waals surface area (Å²) >= 11 is 2.11. The molecule has 0 aromatic rings. The van der Waals surface area contributed by atoms with Crippen molar-refractivity contribution in [2.24, 2.45) is 17.1 Å². The molecule has 0 aromatic heterocycles. The third-order valence-electron chi connectivity index (χ3n) is 3.71. The van der Waals surface area contributed by atoms with Crippen LogP contribution in [0.3, 0.4) is 0 Å². The van der Waals surface area contributed by atoms with Gasteiger partial charge in [0.25, 0.3) is 0 Å². The minimum atomic E-state index is 0.421. The van der Waals surface area contributed by atoms with Crippen molar-refractivity contribution in [2.75, 3.05) is 0 Å². The number of thioether (sulfide) groups is 1. The van der Waals surface area contributed by atoms with Crippen LogP contribution in [0.4, 0.5) is 0 Å². The monoisotopic (exact) mass is 229 g/mol. The van der Waals surface area contributed by atoms with Gasteiger partial charge in [0.1, 0.15) is 0 Å². The summed E-state index contributed by atoms with van der Waals surface area (Å²) in [6.45, 7) is 11.7. The van der Waals surface area contributed by atoms with E-state index in [0.717, 1.165) is 11.2 Å². The molecule has 0 bridgehead atoms. The Kier molecular flexibility index (Phi) is 4.54. The molecule has 1 nitrogen and oxygen atoms in total. The summed E-state index contributed by atoms with van der Waals surface area (Å²) in [5.74, 6) is 0.757. The van der Waals surface area contributed by atoms with Gasteiger partial charge in [-0.3, -0.25) is 0 Å². The van der Waals surface area contributed by atoms with E-state index in [-0.39, 0.29) is 0 Å². The van der Waals surface area contributed by atoms with Crippen LogP contribution in [0.2, 0.25) is 0 Å². The van der Waals surface area contributed by atoms with Gasteiger partial charge in [0, 0.05) is 16.5 Å². The van der Waals surface area contributed by atoms with Gasteiger partial charge >= 0.3 is 0 Å². The summed E-state index contributed by atoms with van der Waals surface area (Å²) in [6.07, 6.45) is 3.78. The molecule has 0 saturated heterocycles. The van der Waals surface area contributed by atoms with E-state index in [4.69, 9.17) is 5.73 Å². The zero-order chi connectivity index (χ0) is 11.6. The second-order valence-corrected chi connectivity index (χ2v) is 7.82. The van der Waals surface area contributed by atoms with E-state index in [2.05, 4.69) is 46.4 Å². The molecule has 0 radical (unpaired) electrons. The molecule has 1 saturated carbocycles. The molecule has 0 spiro atoms. The number of hydrogen-bond acceptors (Lipinski definition) is 2. The molecule has 2 N–H and O–H groups in total. The highest BCUT2D eigenvalue weighted by molar-refractivity contribution is 8.00. The van der Waals surface area contributed by atoms with Gasteiger partial charge in [-0.2, -0.15) is 11.8 Å². The van der Waals surface area contributed by atoms with Crippen molar-refractivity contribution in [3.05, 3.63) is 0 Å². The molecule has 0 aromatic carbocycles. The van der Waals surface area contributed by atoms with E-state index in [0.29, 0.717) is 16.7 Å². The predicted octanol–water partition coefficient (Wildman–Crippen LogP) is 3.67. The zero-order valence-corrected chi connectivity index (χ0v) is 11.7. The fraction of sp³-hybridized carbons (Fsp3) is 1.00. The average Bonchev–Trinajstić information content (AvgIpc) is 2.11. The maximum Gasteiger partial charge on any atom is 0.0206 e. The van der Waals surface area contributed by atoms with Crippen LogP contribution in [0.15, 0.2) is 0 Å². The van der Waals surface area contributed by atoms with E-state index < -0.39 is 0 Å². The highest BCUT2D eigenvalue weighted by Gasteiger charge is 2.34. The minimum absolute atomic E-state index is 0.421. The van der Waals surface area contributed by atoms with E-state index in [1.807, 2.05) is 0 Å². The van der Waals surface area contributed by atoms with Crippen LogP contribution in [0.5, 0.6) is 0 Å². The minimum Gasteiger partial charge on any atom is -0.327 e. The normalized spacial score (nSPS) is 33.0. The Balaban J connectivity index is 2.52. The lowest BCUT2D eigenvalue weighted by molar-refractivity contribution is 0.232. The Morgan fingerprint density at radius 1 is 1.27 bits per heavy atom. The first-order chi connectivity index (χ1) is 6.82. The molecule has 1 aliphatic carbocycles. The van der Waals surface area contributed by atoms with Gasteiger partial charge in [0.2, 0.25) is 0 Å². The van der Waals surface area contributed by atoms with Crippen LogP contribution >= 0.6 is 11.8 Å². The number of nitrogens with two attached hydrogens (primary N) is 1. The Morgan fingerprint density at radius 2 is 1.87 bits per heavy atom. The molecule has 0 heterocycles. The van der Waals surface area contributed by atoms with Crippen LogP contribution < -0.4 is 5.73 Å². The predicted molar refractivity (Wildman–Crippen MR) is 71.3 cm³/mol.